The van der Waals surface area contributed by atoms with Crippen molar-refractivity contribution in [3.63, 3.8) is 0 Å². The number of rotatable bonds is 4. The van der Waals surface area contributed by atoms with Gasteiger partial charge in [0.2, 0.25) is 0 Å². The molecule has 20 heavy (non-hydrogen) atoms. The maximum absolute atomic E-state index is 12.4. The van der Waals surface area contributed by atoms with Crippen LogP contribution in [-0.2, 0) is 0 Å². The average molecular weight is 301 g/mol. The summed E-state index contributed by atoms with van der Waals surface area (Å²) in [6, 6.07) is -0.147. The molecule has 0 aromatic rings. The largest absolute Gasteiger partial charge is 0.409 e. The fraction of sp³-hybridized carbons (Fsp3) is 0.727. The van der Waals surface area contributed by atoms with E-state index in [1.165, 1.54) is 6.92 Å². The molecule has 0 aromatic heterocycles. The zero-order valence-electron chi connectivity index (χ0n) is 10.5. The number of nitriles is 1. The van der Waals surface area contributed by atoms with Crippen LogP contribution in [0.25, 0.3) is 0 Å². The molecule has 1 N–H and O–H groups in total. The van der Waals surface area contributed by atoms with Crippen LogP contribution in [0.2, 0.25) is 0 Å². The van der Waals surface area contributed by atoms with E-state index in [0.717, 1.165) is 17.3 Å². The van der Waals surface area contributed by atoms with Crippen LogP contribution in [0, 0.1) is 16.7 Å². The first-order valence-corrected chi connectivity index (χ1v) is 5.71. The minimum Gasteiger partial charge on any atom is -0.313 e. The van der Waals surface area contributed by atoms with Crippen molar-refractivity contribution in [3.8, 4) is 6.07 Å². The summed E-state index contributed by atoms with van der Waals surface area (Å²) in [5, 5.41) is 9.95. The number of nitrogens with one attached hydrogen (secondary N) is 1. The Hall–Kier alpha value is -1.43. The molecule has 1 heterocycles. The standard InChI is InChI=1S/C11H13F6N3/c1-9(6-18,3-4-10(12,13)14)7-20-5-2-8(19-20)11(15,16)17/h2,5,8,19H,3-4,7H2,1H3. The Kier molecular flexibility index (Phi) is 4.59. The van der Waals surface area contributed by atoms with E-state index in [0.29, 0.717) is 0 Å². The number of nitrogens with zero attached hydrogens (tertiary/aromatic N) is 2. The molecule has 0 radical (unpaired) electrons. The molecule has 1 aliphatic rings. The number of hydrogen-bond donors (Lipinski definition) is 1. The molecule has 2 unspecified atom stereocenters. The summed E-state index contributed by atoms with van der Waals surface area (Å²) < 4.78 is 73.7. The van der Waals surface area contributed by atoms with Gasteiger partial charge in [-0.25, -0.2) is 5.43 Å². The Bertz CT molecular complexity index is 408. The van der Waals surface area contributed by atoms with Crippen LogP contribution in [0.3, 0.4) is 0 Å². The zero-order chi connectivity index (χ0) is 15.6. The van der Waals surface area contributed by atoms with E-state index < -0.39 is 36.7 Å². The van der Waals surface area contributed by atoms with E-state index in [9.17, 15) is 26.3 Å². The van der Waals surface area contributed by atoms with E-state index in [2.05, 4.69) is 5.43 Å². The van der Waals surface area contributed by atoms with Gasteiger partial charge in [-0.1, -0.05) is 0 Å². The molecule has 3 nitrogen and oxygen atoms in total. The summed E-state index contributed by atoms with van der Waals surface area (Å²) in [6.45, 7) is 1.03. The Morgan fingerprint density at radius 3 is 2.20 bits per heavy atom. The monoisotopic (exact) mass is 301 g/mol. The van der Waals surface area contributed by atoms with E-state index in [1.807, 2.05) is 0 Å². The smallest absolute Gasteiger partial charge is 0.313 e. The highest BCUT2D eigenvalue weighted by Crippen LogP contribution is 2.32. The molecule has 0 bridgehead atoms. The predicted octanol–water partition coefficient (Wildman–Crippen LogP) is 3.12. The van der Waals surface area contributed by atoms with Crippen LogP contribution >= 0.6 is 0 Å². The lowest BCUT2D eigenvalue weighted by Crippen LogP contribution is -2.46. The third-order valence-electron chi connectivity index (χ3n) is 2.87. The summed E-state index contributed by atoms with van der Waals surface area (Å²) in [5.74, 6) is 0. The topological polar surface area (TPSA) is 39.1 Å². The van der Waals surface area contributed by atoms with Crippen molar-refractivity contribution >= 4 is 0 Å². The molecule has 0 saturated heterocycles. The molecule has 1 aliphatic heterocycles. The van der Waals surface area contributed by atoms with E-state index in [-0.39, 0.29) is 6.54 Å². The van der Waals surface area contributed by atoms with Gasteiger partial charge in [-0.15, -0.1) is 0 Å². The van der Waals surface area contributed by atoms with E-state index in [4.69, 9.17) is 5.26 Å². The second-order valence-corrected chi connectivity index (χ2v) is 4.91. The third kappa shape index (κ3) is 4.92. The summed E-state index contributed by atoms with van der Waals surface area (Å²) >= 11 is 0. The molecule has 0 spiro atoms. The normalized spacial score (nSPS) is 22.7. The zero-order valence-corrected chi connectivity index (χ0v) is 10.5. The van der Waals surface area contributed by atoms with Crippen LogP contribution in [-0.4, -0.2) is 29.9 Å². The molecule has 0 saturated carbocycles. The van der Waals surface area contributed by atoms with Crippen molar-refractivity contribution in [1.29, 1.82) is 5.26 Å². The molecule has 0 aliphatic carbocycles. The second-order valence-electron chi connectivity index (χ2n) is 4.91. The van der Waals surface area contributed by atoms with Gasteiger partial charge >= 0.3 is 12.4 Å². The van der Waals surface area contributed by atoms with Gasteiger partial charge in [0.1, 0.15) is 6.04 Å². The highest BCUT2D eigenvalue weighted by atomic mass is 19.4. The van der Waals surface area contributed by atoms with Gasteiger partial charge in [0.05, 0.1) is 18.0 Å². The molecule has 9 heteroatoms. The first kappa shape index (κ1) is 16.6. The maximum atomic E-state index is 12.4. The highest BCUT2D eigenvalue weighted by molar-refractivity contribution is 5.06. The fourth-order valence-corrected chi connectivity index (χ4v) is 1.70. The minimum absolute atomic E-state index is 0.261. The van der Waals surface area contributed by atoms with Crippen molar-refractivity contribution in [2.24, 2.45) is 5.41 Å². The summed E-state index contributed by atoms with van der Waals surface area (Å²) in [6.07, 6.45) is -8.59. The quantitative estimate of drug-likeness (QED) is 0.811. The van der Waals surface area contributed by atoms with Gasteiger partial charge in [-0.3, -0.25) is 0 Å². The first-order chi connectivity index (χ1) is 8.95. The lowest BCUT2D eigenvalue weighted by molar-refractivity contribution is -0.150. The molecular formula is C11H13F6N3. The Morgan fingerprint density at radius 2 is 1.80 bits per heavy atom. The van der Waals surface area contributed by atoms with Gasteiger partial charge in [-0.05, 0) is 19.4 Å². The fourth-order valence-electron chi connectivity index (χ4n) is 1.70. The van der Waals surface area contributed by atoms with Crippen molar-refractivity contribution in [3.05, 3.63) is 12.3 Å². The summed E-state index contributed by atoms with van der Waals surface area (Å²) in [7, 11) is 0. The Balaban J connectivity index is 2.59. The maximum Gasteiger partial charge on any atom is 0.409 e. The van der Waals surface area contributed by atoms with Gasteiger partial charge in [0.25, 0.3) is 0 Å². The molecule has 0 amide bonds. The highest BCUT2D eigenvalue weighted by Gasteiger charge is 2.42. The van der Waals surface area contributed by atoms with E-state index in [1.54, 1.807) is 6.07 Å². The van der Waals surface area contributed by atoms with Gasteiger partial charge in [-0.2, -0.15) is 31.6 Å². The lowest BCUT2D eigenvalue weighted by atomic mass is 9.87. The first-order valence-electron chi connectivity index (χ1n) is 5.71. The lowest BCUT2D eigenvalue weighted by Gasteiger charge is -2.29. The van der Waals surface area contributed by atoms with Crippen LogP contribution in [0.15, 0.2) is 12.3 Å². The third-order valence-corrected chi connectivity index (χ3v) is 2.87. The predicted molar refractivity (Wildman–Crippen MR) is 57.8 cm³/mol. The summed E-state index contributed by atoms with van der Waals surface area (Å²) in [4.78, 5) is 0. The van der Waals surface area contributed by atoms with Gasteiger partial charge in [0.15, 0.2) is 0 Å². The van der Waals surface area contributed by atoms with Crippen LogP contribution < -0.4 is 5.43 Å². The Labute approximate surface area is 111 Å². The molecule has 1 rings (SSSR count). The minimum atomic E-state index is -4.49. The molecule has 0 fully saturated rings. The number of hydrogen-bond acceptors (Lipinski definition) is 3. The number of halogens is 6. The SMILES string of the molecule is CC(C#N)(CCC(F)(F)F)CN1C=CC(C(F)(F)F)N1. The van der Waals surface area contributed by atoms with Crippen molar-refractivity contribution in [1.82, 2.24) is 10.4 Å². The van der Waals surface area contributed by atoms with E-state index >= 15 is 0 Å². The summed E-state index contributed by atoms with van der Waals surface area (Å²) in [5.41, 5.74) is 0.687. The van der Waals surface area contributed by atoms with Gasteiger partial charge in [0, 0.05) is 12.6 Å². The number of hydrazine groups is 1. The van der Waals surface area contributed by atoms with Gasteiger partial charge < -0.3 is 5.01 Å². The molecule has 0 aromatic carbocycles. The van der Waals surface area contributed by atoms with Crippen LogP contribution in [0.5, 0.6) is 0 Å². The van der Waals surface area contributed by atoms with Crippen molar-refractivity contribution in [2.45, 2.75) is 38.2 Å². The van der Waals surface area contributed by atoms with Crippen molar-refractivity contribution in [2.75, 3.05) is 6.54 Å². The second kappa shape index (κ2) is 5.52. The molecular weight excluding hydrogens is 288 g/mol. The van der Waals surface area contributed by atoms with Crippen molar-refractivity contribution < 1.29 is 26.3 Å². The molecule has 114 valence electrons. The molecule has 2 atom stereocenters. The number of alkyl halides is 6. The van der Waals surface area contributed by atoms with Crippen LogP contribution in [0.4, 0.5) is 26.3 Å². The average Bonchev–Trinajstić information content (AvgIpc) is 2.74. The van der Waals surface area contributed by atoms with Crippen LogP contribution in [0.1, 0.15) is 19.8 Å². The Morgan fingerprint density at radius 1 is 1.20 bits per heavy atom.